The van der Waals surface area contributed by atoms with Gasteiger partial charge in [0.25, 0.3) is 0 Å². The van der Waals surface area contributed by atoms with E-state index in [4.69, 9.17) is 14.2 Å². The molecule has 0 amide bonds. The number of rotatable bonds is 59. The summed E-state index contributed by atoms with van der Waals surface area (Å²) < 4.78 is 16.9. The van der Waals surface area contributed by atoms with Crippen LogP contribution in [0.5, 0.6) is 0 Å². The van der Waals surface area contributed by atoms with E-state index in [1.807, 2.05) is 0 Å². The van der Waals surface area contributed by atoms with Gasteiger partial charge in [-0.05, 0) is 128 Å². The van der Waals surface area contributed by atoms with Crippen molar-refractivity contribution >= 4 is 17.9 Å². The molecule has 0 fully saturated rings. The van der Waals surface area contributed by atoms with Crippen molar-refractivity contribution in [1.82, 2.24) is 0 Å². The molecular formula is C77H122O6. The van der Waals surface area contributed by atoms with Gasteiger partial charge in [-0.15, -0.1) is 0 Å². The maximum Gasteiger partial charge on any atom is 0.306 e. The summed E-state index contributed by atoms with van der Waals surface area (Å²) in [6.45, 7) is 6.36. The second-order valence-corrected chi connectivity index (χ2v) is 21.6. The van der Waals surface area contributed by atoms with Gasteiger partial charge in [0.1, 0.15) is 13.2 Å². The third kappa shape index (κ3) is 67.4. The van der Waals surface area contributed by atoms with Crippen LogP contribution in [0.2, 0.25) is 0 Å². The molecule has 0 rings (SSSR count). The largest absolute Gasteiger partial charge is 0.462 e. The molecule has 1 atom stereocenters. The summed E-state index contributed by atoms with van der Waals surface area (Å²) in [6.07, 6.45) is 102. The van der Waals surface area contributed by atoms with Gasteiger partial charge in [0.2, 0.25) is 0 Å². The zero-order chi connectivity index (χ0) is 59.9. The Balaban J connectivity index is 4.52. The van der Waals surface area contributed by atoms with Crippen molar-refractivity contribution < 1.29 is 28.6 Å². The van der Waals surface area contributed by atoms with E-state index in [0.29, 0.717) is 12.8 Å². The normalized spacial score (nSPS) is 13.2. The molecule has 0 aliphatic rings. The lowest BCUT2D eigenvalue weighted by Crippen LogP contribution is -2.30. The Hall–Kier alpha value is -5.23. The van der Waals surface area contributed by atoms with Crippen LogP contribution >= 0.6 is 0 Å². The van der Waals surface area contributed by atoms with Gasteiger partial charge in [-0.2, -0.15) is 0 Å². The first kappa shape index (κ1) is 77.8. The summed E-state index contributed by atoms with van der Waals surface area (Å²) in [7, 11) is 0. The van der Waals surface area contributed by atoms with Crippen LogP contribution < -0.4 is 0 Å². The monoisotopic (exact) mass is 1140 g/mol. The maximum absolute atomic E-state index is 12.9. The molecule has 0 aromatic heterocycles. The van der Waals surface area contributed by atoms with Gasteiger partial charge in [0.15, 0.2) is 6.10 Å². The second kappa shape index (κ2) is 69.3. The molecule has 0 saturated carbocycles. The number of esters is 3. The van der Waals surface area contributed by atoms with E-state index in [0.717, 1.165) is 154 Å². The molecule has 0 N–H and O–H groups in total. The minimum Gasteiger partial charge on any atom is -0.462 e. The minimum atomic E-state index is -0.821. The number of carbonyl (C=O) groups is 3. The molecule has 6 nitrogen and oxygen atoms in total. The number of hydrogen-bond donors (Lipinski definition) is 0. The number of allylic oxidation sites excluding steroid dienone is 28. The molecule has 6 heteroatoms. The third-order valence-electron chi connectivity index (χ3n) is 13.7. The first-order valence-corrected chi connectivity index (χ1v) is 33.6. The van der Waals surface area contributed by atoms with Crippen LogP contribution in [0, 0.1) is 0 Å². The molecule has 0 spiro atoms. The second-order valence-electron chi connectivity index (χ2n) is 21.6. The molecule has 1 unspecified atom stereocenters. The molecule has 0 heterocycles. The highest BCUT2D eigenvalue weighted by molar-refractivity contribution is 5.71. The average molecular weight is 1140 g/mol. The fourth-order valence-corrected chi connectivity index (χ4v) is 8.77. The standard InChI is InChI=1S/C77H122O6/c1-4-7-10-13-16-19-22-25-28-30-32-34-35-36-37-38-39-40-41-43-44-46-49-52-55-58-61-64-67-70-76(79)82-73-74(72-81-75(78)69-66-63-60-57-54-51-48-27-24-21-18-15-12-9-6-3)83-77(80)71-68-65-62-59-56-53-50-47-45-42-33-31-29-26-23-20-17-14-11-8-5-2/h7-8,10-11,16-17,19-20,25-26,28-29,32-34,36-37,39-40,42-44,47,49-50,52,58,61,74H,4-6,9,12-15,18,21-24,27,30-31,35,38,41,45-46,48,51,53-57,59-60,62-73H2,1-3H3/b10-7-,11-8-,19-16-,20-17-,28-25-,29-26-,34-32-,37-36-,40-39-,42-33-,44-43-,50-47-,52-49-,61-58-. The number of hydrogen-bond acceptors (Lipinski definition) is 6. The molecule has 0 aromatic rings. The lowest BCUT2D eigenvalue weighted by molar-refractivity contribution is -0.167. The quantitative estimate of drug-likeness (QED) is 0.0261. The van der Waals surface area contributed by atoms with Crippen LogP contribution in [0.3, 0.4) is 0 Å². The predicted octanol–water partition coefficient (Wildman–Crippen LogP) is 23.4. The Labute approximate surface area is 511 Å². The van der Waals surface area contributed by atoms with Crippen molar-refractivity contribution in [1.29, 1.82) is 0 Å². The van der Waals surface area contributed by atoms with E-state index in [9.17, 15) is 14.4 Å². The van der Waals surface area contributed by atoms with E-state index in [-0.39, 0.29) is 44.0 Å². The van der Waals surface area contributed by atoms with E-state index in [2.05, 4.69) is 191 Å². The van der Waals surface area contributed by atoms with Crippen molar-refractivity contribution in [2.75, 3.05) is 13.2 Å². The highest BCUT2D eigenvalue weighted by Crippen LogP contribution is 2.15. The summed E-state index contributed by atoms with van der Waals surface area (Å²) in [6, 6.07) is 0. The highest BCUT2D eigenvalue weighted by Gasteiger charge is 2.19. The van der Waals surface area contributed by atoms with Crippen LogP contribution in [-0.2, 0) is 28.6 Å². The minimum absolute atomic E-state index is 0.109. The Morgan fingerprint density at radius 3 is 0.783 bits per heavy atom. The van der Waals surface area contributed by atoms with E-state index < -0.39 is 6.10 Å². The van der Waals surface area contributed by atoms with Gasteiger partial charge in [-0.25, -0.2) is 0 Å². The van der Waals surface area contributed by atoms with Gasteiger partial charge in [-0.1, -0.05) is 300 Å². The number of carbonyl (C=O) groups excluding carboxylic acids is 3. The molecular weight excluding hydrogens is 1020 g/mol. The Morgan fingerprint density at radius 2 is 0.482 bits per heavy atom. The highest BCUT2D eigenvalue weighted by atomic mass is 16.6. The molecule has 0 radical (unpaired) electrons. The van der Waals surface area contributed by atoms with Crippen molar-refractivity contribution in [3.8, 4) is 0 Å². The summed E-state index contributed by atoms with van der Waals surface area (Å²) in [4.78, 5) is 38.4. The molecule has 466 valence electrons. The smallest absolute Gasteiger partial charge is 0.306 e. The van der Waals surface area contributed by atoms with Gasteiger partial charge in [0.05, 0.1) is 0 Å². The molecule has 83 heavy (non-hydrogen) atoms. The number of ether oxygens (including phenoxy) is 3. The van der Waals surface area contributed by atoms with Gasteiger partial charge >= 0.3 is 17.9 Å². The van der Waals surface area contributed by atoms with E-state index in [1.54, 1.807) is 0 Å². The fourth-order valence-electron chi connectivity index (χ4n) is 8.77. The summed E-state index contributed by atoms with van der Waals surface area (Å²) in [5.74, 6) is -0.991. The lowest BCUT2D eigenvalue weighted by Gasteiger charge is -2.18. The van der Waals surface area contributed by atoms with Crippen LogP contribution in [0.15, 0.2) is 170 Å². The Kier molecular flexibility index (Phi) is 64.9. The SMILES string of the molecule is CC/C=C\C/C=C\C/C=C\C/C=C\C/C=C\C/C=C\C/C=C\C/C=C\C/C=C\CCCC(=O)OCC(COC(=O)CCCCCCCCCCCCCCCCC)OC(=O)CCCCCCC/C=C\C/C=C\C/C=C\C/C=C\C/C=C\CC. The average Bonchev–Trinajstić information content (AvgIpc) is 3.49. The topological polar surface area (TPSA) is 78.9 Å². The van der Waals surface area contributed by atoms with Crippen molar-refractivity contribution in [3.63, 3.8) is 0 Å². The summed E-state index contributed by atoms with van der Waals surface area (Å²) in [5.41, 5.74) is 0. The molecule has 0 aliphatic heterocycles. The maximum atomic E-state index is 12.9. The van der Waals surface area contributed by atoms with E-state index >= 15 is 0 Å². The Morgan fingerprint density at radius 1 is 0.253 bits per heavy atom. The first-order valence-electron chi connectivity index (χ1n) is 33.6. The third-order valence-corrected chi connectivity index (χ3v) is 13.7. The lowest BCUT2D eigenvalue weighted by atomic mass is 10.0. The van der Waals surface area contributed by atoms with Crippen LogP contribution in [0.4, 0.5) is 0 Å². The molecule has 0 bridgehead atoms. The van der Waals surface area contributed by atoms with Gasteiger partial charge in [-0.3, -0.25) is 14.4 Å². The molecule has 0 aliphatic carbocycles. The first-order chi connectivity index (χ1) is 41.0. The van der Waals surface area contributed by atoms with Crippen LogP contribution in [0.1, 0.15) is 278 Å². The summed E-state index contributed by atoms with van der Waals surface area (Å²) >= 11 is 0. The van der Waals surface area contributed by atoms with Crippen molar-refractivity contribution in [2.24, 2.45) is 0 Å². The van der Waals surface area contributed by atoms with Crippen molar-refractivity contribution in [2.45, 2.75) is 284 Å². The van der Waals surface area contributed by atoms with Crippen molar-refractivity contribution in [3.05, 3.63) is 170 Å². The number of unbranched alkanes of at least 4 members (excludes halogenated alkanes) is 20. The fraction of sp³-hybridized carbons (Fsp3) is 0.597. The zero-order valence-corrected chi connectivity index (χ0v) is 53.4. The van der Waals surface area contributed by atoms with E-state index in [1.165, 1.54) is 77.0 Å². The van der Waals surface area contributed by atoms with Crippen LogP contribution in [-0.4, -0.2) is 37.2 Å². The zero-order valence-electron chi connectivity index (χ0n) is 53.4. The molecule has 0 saturated heterocycles. The van der Waals surface area contributed by atoms with Crippen LogP contribution in [0.25, 0.3) is 0 Å². The Bertz CT molecular complexity index is 1890. The van der Waals surface area contributed by atoms with Gasteiger partial charge < -0.3 is 14.2 Å². The predicted molar refractivity (Wildman–Crippen MR) is 361 cm³/mol. The molecule has 0 aromatic carbocycles. The van der Waals surface area contributed by atoms with Gasteiger partial charge in [0, 0.05) is 19.3 Å². The summed E-state index contributed by atoms with van der Waals surface area (Å²) in [5, 5.41) is 0.